The van der Waals surface area contributed by atoms with Crippen LogP contribution in [0.15, 0.2) is 48.7 Å². The van der Waals surface area contributed by atoms with Crippen molar-refractivity contribution in [2.45, 2.75) is 25.6 Å². The first-order valence-corrected chi connectivity index (χ1v) is 8.74. The number of carbonyl (C=O) groups is 1. The molecule has 2 aromatic heterocycles. The maximum absolute atomic E-state index is 12.8. The summed E-state index contributed by atoms with van der Waals surface area (Å²) in [6.45, 7) is 1.89. The molecule has 0 fully saturated rings. The highest BCUT2D eigenvalue weighted by Gasteiger charge is 2.34. The molecule has 28 heavy (non-hydrogen) atoms. The maximum Gasteiger partial charge on any atom is 0.449 e. The van der Waals surface area contributed by atoms with Gasteiger partial charge in [-0.2, -0.15) is 13.2 Å². The van der Waals surface area contributed by atoms with Gasteiger partial charge in [-0.25, -0.2) is 4.98 Å². The summed E-state index contributed by atoms with van der Waals surface area (Å²) in [5, 5.41) is 3.99. The van der Waals surface area contributed by atoms with Gasteiger partial charge in [0.2, 0.25) is 5.82 Å². The van der Waals surface area contributed by atoms with E-state index in [4.69, 9.17) is 0 Å². The normalized spacial score (nSPS) is 13.1. The SMILES string of the molecule is CC(Cc1c[nH]c2ccccc12)NC(=O)c1ccc2nc(C(F)(F)F)[nH]c2c1. The fraction of sp³-hybridized carbons (Fsp3) is 0.200. The summed E-state index contributed by atoms with van der Waals surface area (Å²) >= 11 is 0. The second-order valence-electron chi connectivity index (χ2n) is 6.75. The Kier molecular flexibility index (Phi) is 4.33. The topological polar surface area (TPSA) is 73.6 Å². The van der Waals surface area contributed by atoms with E-state index in [0.717, 1.165) is 16.5 Å². The van der Waals surface area contributed by atoms with Crippen molar-refractivity contribution >= 4 is 27.8 Å². The molecule has 3 N–H and O–H groups in total. The number of fused-ring (bicyclic) bond motifs is 2. The molecule has 0 saturated carbocycles. The highest BCUT2D eigenvalue weighted by atomic mass is 19.4. The average molecular weight is 386 g/mol. The van der Waals surface area contributed by atoms with Crippen molar-refractivity contribution in [1.82, 2.24) is 20.3 Å². The molecule has 0 aliphatic heterocycles. The Morgan fingerprint density at radius 1 is 1.18 bits per heavy atom. The van der Waals surface area contributed by atoms with Crippen molar-refractivity contribution in [3.05, 3.63) is 65.6 Å². The Morgan fingerprint density at radius 2 is 1.96 bits per heavy atom. The highest BCUT2D eigenvalue weighted by molar-refractivity contribution is 5.97. The number of H-pyrrole nitrogens is 2. The van der Waals surface area contributed by atoms with Crippen LogP contribution in [0.4, 0.5) is 13.2 Å². The summed E-state index contributed by atoms with van der Waals surface area (Å²) in [7, 11) is 0. The number of aromatic amines is 2. The molecule has 4 aromatic rings. The van der Waals surface area contributed by atoms with Crippen LogP contribution in [0.1, 0.15) is 28.7 Å². The minimum atomic E-state index is -4.56. The quantitative estimate of drug-likeness (QED) is 0.486. The molecule has 1 unspecified atom stereocenters. The molecule has 144 valence electrons. The average Bonchev–Trinajstić information content (AvgIpc) is 3.25. The largest absolute Gasteiger partial charge is 0.449 e. The molecule has 8 heteroatoms. The number of nitrogens with zero attached hydrogens (tertiary/aromatic N) is 1. The van der Waals surface area contributed by atoms with Gasteiger partial charge in [-0.3, -0.25) is 4.79 Å². The van der Waals surface area contributed by atoms with Crippen LogP contribution in [0.5, 0.6) is 0 Å². The Balaban J connectivity index is 1.49. The van der Waals surface area contributed by atoms with E-state index in [1.807, 2.05) is 37.4 Å². The molecule has 5 nitrogen and oxygen atoms in total. The van der Waals surface area contributed by atoms with Gasteiger partial charge in [0, 0.05) is 28.7 Å². The minimum absolute atomic E-state index is 0.157. The number of amides is 1. The molecule has 0 bridgehead atoms. The molecule has 0 spiro atoms. The number of para-hydroxylation sites is 1. The van der Waals surface area contributed by atoms with Crippen molar-refractivity contribution in [1.29, 1.82) is 0 Å². The van der Waals surface area contributed by atoms with Crippen molar-refractivity contribution in [3.8, 4) is 0 Å². The first-order chi connectivity index (χ1) is 13.3. The molecule has 0 aliphatic rings. The fourth-order valence-electron chi connectivity index (χ4n) is 3.27. The van der Waals surface area contributed by atoms with E-state index in [0.29, 0.717) is 6.42 Å². The molecular weight excluding hydrogens is 369 g/mol. The third-order valence-corrected chi connectivity index (χ3v) is 4.59. The van der Waals surface area contributed by atoms with Gasteiger partial charge in [0.15, 0.2) is 0 Å². The molecule has 2 aromatic carbocycles. The number of hydrogen-bond acceptors (Lipinski definition) is 2. The van der Waals surface area contributed by atoms with Crippen molar-refractivity contribution in [2.24, 2.45) is 0 Å². The monoisotopic (exact) mass is 386 g/mol. The first kappa shape index (κ1) is 18.1. The molecular formula is C20H17F3N4O. The van der Waals surface area contributed by atoms with Crippen molar-refractivity contribution in [2.75, 3.05) is 0 Å². The zero-order valence-corrected chi connectivity index (χ0v) is 14.9. The summed E-state index contributed by atoms with van der Waals surface area (Å²) in [5.41, 5.74) is 2.72. The molecule has 1 amide bonds. The number of rotatable bonds is 4. The second kappa shape index (κ2) is 6.70. The molecule has 0 aliphatic carbocycles. The Hall–Kier alpha value is -3.29. The fourth-order valence-corrected chi connectivity index (χ4v) is 3.27. The van der Waals surface area contributed by atoms with E-state index in [1.54, 1.807) is 0 Å². The Bertz CT molecular complexity index is 1160. The van der Waals surface area contributed by atoms with Crippen LogP contribution in [-0.4, -0.2) is 26.9 Å². The van der Waals surface area contributed by atoms with E-state index in [-0.39, 0.29) is 28.5 Å². The number of nitrogens with one attached hydrogen (secondary N) is 3. The van der Waals surface area contributed by atoms with Crippen LogP contribution in [0.3, 0.4) is 0 Å². The zero-order valence-electron chi connectivity index (χ0n) is 14.9. The molecule has 0 radical (unpaired) electrons. The van der Waals surface area contributed by atoms with E-state index in [2.05, 4.69) is 20.3 Å². The van der Waals surface area contributed by atoms with Crippen LogP contribution >= 0.6 is 0 Å². The number of carbonyl (C=O) groups excluding carboxylic acids is 1. The standard InChI is InChI=1S/C20H17F3N4O/c1-11(8-13-10-24-15-5-3-2-4-14(13)15)25-18(28)12-6-7-16-17(9-12)27-19(26-16)20(21,22)23/h2-7,9-11,24H,8H2,1H3,(H,25,28)(H,26,27). The summed E-state index contributed by atoms with van der Waals surface area (Å²) in [6, 6.07) is 12.0. The van der Waals surface area contributed by atoms with Gasteiger partial charge in [0.1, 0.15) is 0 Å². The van der Waals surface area contributed by atoms with Gasteiger partial charge in [-0.05, 0) is 43.2 Å². The van der Waals surface area contributed by atoms with E-state index < -0.39 is 12.0 Å². The number of imidazole rings is 1. The number of halogens is 3. The predicted octanol–water partition coefficient (Wildman–Crippen LogP) is 4.42. The number of hydrogen-bond donors (Lipinski definition) is 3. The second-order valence-corrected chi connectivity index (χ2v) is 6.75. The van der Waals surface area contributed by atoms with Gasteiger partial charge >= 0.3 is 6.18 Å². The van der Waals surface area contributed by atoms with Crippen LogP contribution < -0.4 is 5.32 Å². The maximum atomic E-state index is 12.8. The van der Waals surface area contributed by atoms with Gasteiger partial charge in [-0.1, -0.05) is 18.2 Å². The van der Waals surface area contributed by atoms with Gasteiger partial charge in [0.25, 0.3) is 5.91 Å². The lowest BCUT2D eigenvalue weighted by Gasteiger charge is -2.13. The lowest BCUT2D eigenvalue weighted by atomic mass is 10.1. The van der Waals surface area contributed by atoms with Crippen LogP contribution in [0, 0.1) is 0 Å². The van der Waals surface area contributed by atoms with Crippen molar-refractivity contribution < 1.29 is 18.0 Å². The minimum Gasteiger partial charge on any atom is -0.361 e. The Labute approximate surface area is 158 Å². The number of benzene rings is 2. The molecule has 4 rings (SSSR count). The molecule has 2 heterocycles. The summed E-state index contributed by atoms with van der Waals surface area (Å²) < 4.78 is 38.3. The smallest absolute Gasteiger partial charge is 0.361 e. The van der Waals surface area contributed by atoms with E-state index >= 15 is 0 Å². The third kappa shape index (κ3) is 3.45. The predicted molar refractivity (Wildman–Crippen MR) is 100 cm³/mol. The van der Waals surface area contributed by atoms with Crippen molar-refractivity contribution in [3.63, 3.8) is 0 Å². The summed E-state index contributed by atoms with van der Waals surface area (Å²) in [5.74, 6) is -1.43. The third-order valence-electron chi connectivity index (χ3n) is 4.59. The lowest BCUT2D eigenvalue weighted by Crippen LogP contribution is -2.34. The van der Waals surface area contributed by atoms with Crippen LogP contribution in [0.25, 0.3) is 21.9 Å². The first-order valence-electron chi connectivity index (χ1n) is 8.74. The van der Waals surface area contributed by atoms with Gasteiger partial charge in [0.05, 0.1) is 11.0 Å². The highest BCUT2D eigenvalue weighted by Crippen LogP contribution is 2.28. The zero-order chi connectivity index (χ0) is 19.9. The van der Waals surface area contributed by atoms with Crippen LogP contribution in [0.2, 0.25) is 0 Å². The van der Waals surface area contributed by atoms with Gasteiger partial charge in [-0.15, -0.1) is 0 Å². The number of alkyl halides is 3. The van der Waals surface area contributed by atoms with Crippen LogP contribution in [-0.2, 0) is 12.6 Å². The van der Waals surface area contributed by atoms with Gasteiger partial charge < -0.3 is 15.3 Å². The summed E-state index contributed by atoms with van der Waals surface area (Å²) in [4.78, 5) is 21.4. The van der Waals surface area contributed by atoms with E-state index in [1.165, 1.54) is 18.2 Å². The summed E-state index contributed by atoms with van der Waals surface area (Å²) in [6.07, 6.45) is -2.02. The lowest BCUT2D eigenvalue weighted by molar-refractivity contribution is -0.144. The molecule has 1 atom stereocenters. The number of aromatic nitrogens is 3. The van der Waals surface area contributed by atoms with E-state index in [9.17, 15) is 18.0 Å². The Morgan fingerprint density at radius 3 is 2.75 bits per heavy atom. The molecule has 0 saturated heterocycles.